The van der Waals surface area contributed by atoms with E-state index in [4.69, 9.17) is 0 Å². The van der Waals surface area contributed by atoms with Crippen molar-refractivity contribution in [1.82, 2.24) is 0 Å². The Morgan fingerprint density at radius 3 is 2.33 bits per heavy atom. The maximum atomic E-state index is 2.41. The summed E-state index contributed by atoms with van der Waals surface area (Å²) >= 11 is 0.0450. The third-order valence-electron chi connectivity index (χ3n) is 2.61. The van der Waals surface area contributed by atoms with E-state index in [1.165, 1.54) is 18.4 Å². The van der Waals surface area contributed by atoms with Gasteiger partial charge in [0.25, 0.3) is 0 Å². The van der Waals surface area contributed by atoms with Gasteiger partial charge in [-0.2, -0.15) is 0 Å². The Morgan fingerprint density at radius 1 is 1.13 bits per heavy atom. The quantitative estimate of drug-likeness (QED) is 0.491. The molecule has 0 N–H and O–H groups in total. The van der Waals surface area contributed by atoms with E-state index in [1.54, 1.807) is 13.3 Å². The molecule has 0 saturated heterocycles. The van der Waals surface area contributed by atoms with Crippen LogP contribution in [0.5, 0.6) is 0 Å². The van der Waals surface area contributed by atoms with Gasteiger partial charge in [0.1, 0.15) is 0 Å². The summed E-state index contributed by atoms with van der Waals surface area (Å²) in [5.74, 6) is 0. The zero-order chi connectivity index (χ0) is 9.26. The van der Waals surface area contributed by atoms with Crippen molar-refractivity contribution in [2.75, 3.05) is 0 Å². The van der Waals surface area contributed by atoms with Crippen molar-refractivity contribution in [3.05, 3.63) is 43.2 Å². The van der Waals surface area contributed by atoms with Gasteiger partial charge in [-0.25, -0.2) is 0 Å². The number of allylic oxidation sites excluding steroid dienone is 8. The molecule has 0 nitrogen and oxygen atoms in total. The van der Waals surface area contributed by atoms with Gasteiger partial charge in [-0.3, -0.25) is 0 Å². The summed E-state index contributed by atoms with van der Waals surface area (Å²) < 4.78 is 3.40. The molecule has 0 heterocycles. The summed E-state index contributed by atoms with van der Waals surface area (Å²) in [6.45, 7) is 4.49. The average Bonchev–Trinajstić information content (AvgIpc) is 2.64. The first kappa shape index (κ1) is 15.3. The van der Waals surface area contributed by atoms with E-state index in [0.717, 1.165) is 0 Å². The molecule has 2 rings (SSSR count). The van der Waals surface area contributed by atoms with Gasteiger partial charge in [0.05, 0.1) is 0 Å². The third kappa shape index (κ3) is 3.96. The van der Waals surface area contributed by atoms with Crippen LogP contribution in [0.4, 0.5) is 0 Å². The second kappa shape index (κ2) is 6.75. The zero-order valence-electron chi connectivity index (χ0n) is 8.98. The number of rotatable bonds is 2. The molecule has 2 aliphatic carbocycles. The minimum atomic E-state index is 0. The van der Waals surface area contributed by atoms with Crippen LogP contribution in [0.1, 0.15) is 26.7 Å². The summed E-state index contributed by atoms with van der Waals surface area (Å²) in [6, 6.07) is 0. The van der Waals surface area contributed by atoms with Crippen LogP contribution in [0.2, 0.25) is 0 Å². The van der Waals surface area contributed by atoms with Gasteiger partial charge in [-0.15, -0.1) is 0 Å². The van der Waals surface area contributed by atoms with E-state index in [0.29, 0.717) is 0 Å². The van der Waals surface area contributed by atoms with Gasteiger partial charge in [0.2, 0.25) is 0 Å². The van der Waals surface area contributed by atoms with E-state index in [9.17, 15) is 0 Å². The molecule has 0 spiro atoms. The molecule has 0 radical (unpaired) electrons. The molecule has 0 unspecified atom stereocenters. The molecule has 0 fully saturated rings. The molecule has 80 valence electrons. The molecule has 3 heteroatoms. The zero-order valence-corrected chi connectivity index (χ0v) is 12.1. The normalized spacial score (nSPS) is 17.7. The molecular formula is C12H14Cl2Ti. The minimum absolute atomic E-state index is 0. The fourth-order valence-electron chi connectivity index (χ4n) is 1.69. The van der Waals surface area contributed by atoms with Gasteiger partial charge in [0.15, 0.2) is 0 Å². The third-order valence-corrected chi connectivity index (χ3v) is 4.70. The first-order valence-corrected chi connectivity index (χ1v) is 6.31. The Morgan fingerprint density at radius 2 is 1.87 bits per heavy atom. The molecule has 15 heavy (non-hydrogen) atoms. The molecule has 0 bridgehead atoms. The van der Waals surface area contributed by atoms with Crippen molar-refractivity contribution in [2.24, 2.45) is 0 Å². The largest absolute Gasteiger partial charge is 1.00 e. The van der Waals surface area contributed by atoms with Crippen LogP contribution in [-0.2, 0) is 19.2 Å². The second-order valence-electron chi connectivity index (χ2n) is 3.76. The van der Waals surface area contributed by atoms with E-state index in [-0.39, 0.29) is 44.0 Å². The van der Waals surface area contributed by atoms with Gasteiger partial charge in [-0.05, 0) is 0 Å². The Kier molecular flexibility index (Phi) is 6.87. The van der Waals surface area contributed by atoms with Crippen LogP contribution in [0.25, 0.3) is 0 Å². The van der Waals surface area contributed by atoms with Crippen molar-refractivity contribution in [2.45, 2.75) is 26.7 Å². The van der Waals surface area contributed by atoms with Gasteiger partial charge >= 0.3 is 89.0 Å². The number of hydrogen-bond donors (Lipinski definition) is 0. The summed E-state index contributed by atoms with van der Waals surface area (Å²) in [4.78, 5) is 0. The monoisotopic (exact) mass is 276 g/mol. The molecule has 0 aromatic rings. The van der Waals surface area contributed by atoms with Crippen LogP contribution in [0, 0.1) is 0 Å². The fraction of sp³-hybridized carbons (Fsp3) is 0.333. The molecule has 2 aliphatic rings. The van der Waals surface area contributed by atoms with Crippen LogP contribution >= 0.6 is 0 Å². The van der Waals surface area contributed by atoms with Gasteiger partial charge in [-0.1, -0.05) is 0 Å². The molecule has 0 atom stereocenters. The first-order chi connectivity index (χ1) is 6.25. The average molecular weight is 277 g/mol. The van der Waals surface area contributed by atoms with Crippen molar-refractivity contribution >= 4 is 0 Å². The summed E-state index contributed by atoms with van der Waals surface area (Å²) in [7, 11) is 0. The minimum Gasteiger partial charge on any atom is -1.00 e. The molecular weight excluding hydrogens is 263 g/mol. The standard InChI is InChI=1S/C7H9.C5H5.2ClH.Ti/c1-6-4-3-5-7(6)2;1-2-4-5-3-1;;;/h4H,5H2,1-2H3;1-3H,4H2;2*1H;/q;;;;+2/p-2. The van der Waals surface area contributed by atoms with Crippen molar-refractivity contribution in [1.29, 1.82) is 0 Å². The maximum Gasteiger partial charge on any atom is -1.00 e. The summed E-state index contributed by atoms with van der Waals surface area (Å²) in [5.41, 5.74) is 3.08. The Bertz CT molecular complexity index is 349. The summed E-state index contributed by atoms with van der Waals surface area (Å²) in [6.07, 6.45) is 11.7. The first-order valence-electron chi connectivity index (χ1n) is 4.75. The topological polar surface area (TPSA) is 0 Å². The van der Waals surface area contributed by atoms with Crippen molar-refractivity contribution in [3.63, 3.8) is 0 Å². The van der Waals surface area contributed by atoms with Crippen LogP contribution < -0.4 is 24.8 Å². The van der Waals surface area contributed by atoms with E-state index in [1.807, 2.05) is 0 Å². The molecule has 0 aromatic carbocycles. The smallest absolute Gasteiger partial charge is 1.00 e. The van der Waals surface area contributed by atoms with E-state index in [2.05, 4.69) is 38.2 Å². The van der Waals surface area contributed by atoms with Crippen LogP contribution in [-0.4, -0.2) is 0 Å². The maximum absolute atomic E-state index is 2.41. The summed E-state index contributed by atoms with van der Waals surface area (Å²) in [5, 5.41) is 0. The van der Waals surface area contributed by atoms with Crippen molar-refractivity contribution in [3.8, 4) is 0 Å². The fourth-order valence-corrected chi connectivity index (χ4v) is 3.96. The van der Waals surface area contributed by atoms with Gasteiger partial charge in [0, 0.05) is 0 Å². The van der Waals surface area contributed by atoms with E-state index < -0.39 is 0 Å². The van der Waals surface area contributed by atoms with Crippen LogP contribution in [0.15, 0.2) is 43.2 Å². The van der Waals surface area contributed by atoms with Gasteiger partial charge < -0.3 is 24.8 Å². The predicted octanol–water partition coefficient (Wildman–Crippen LogP) is -2.46. The molecule has 0 saturated carbocycles. The Balaban J connectivity index is 0.000000980. The van der Waals surface area contributed by atoms with Crippen molar-refractivity contribution < 1.29 is 44.0 Å². The Labute approximate surface area is 113 Å². The number of halogens is 2. The Hall–Kier alpha value is 0.254. The van der Waals surface area contributed by atoms with E-state index >= 15 is 0 Å². The number of hydrogen-bond acceptors (Lipinski definition) is 0. The molecule has 0 aliphatic heterocycles. The SMILES string of the molecule is CC1=C(C)C[C]([Ti+2][C]2=CC=CC2)=C1.[Cl-].[Cl-]. The predicted molar refractivity (Wildman–Crippen MR) is 52.9 cm³/mol. The molecule has 0 amide bonds. The van der Waals surface area contributed by atoms with Crippen LogP contribution in [0.3, 0.4) is 0 Å². The molecule has 0 aromatic heterocycles. The second-order valence-corrected chi connectivity index (χ2v) is 6.16.